The fraction of sp³-hybridized carbons (Fsp3) is 1.00. The van der Waals surface area contributed by atoms with Gasteiger partial charge in [-0.25, -0.2) is 12.7 Å². The molecule has 0 aromatic carbocycles. The largest absolute Gasteiger partial charge is 0.390 e. The number of nitrogens with zero attached hydrogens (tertiary/aromatic N) is 1. The second-order valence-electron chi connectivity index (χ2n) is 7.09. The van der Waals surface area contributed by atoms with Crippen LogP contribution in [0.25, 0.3) is 0 Å². The van der Waals surface area contributed by atoms with Gasteiger partial charge < -0.3 is 5.11 Å². The molecule has 4 nitrogen and oxygen atoms in total. The van der Waals surface area contributed by atoms with Gasteiger partial charge in [0.15, 0.2) is 0 Å². The highest BCUT2D eigenvalue weighted by Gasteiger charge is 2.35. The second kappa shape index (κ2) is 6.32. The van der Waals surface area contributed by atoms with Crippen molar-refractivity contribution in [2.45, 2.75) is 63.9 Å². The number of piperidine rings is 1. The summed E-state index contributed by atoms with van der Waals surface area (Å²) < 4.78 is 24.9. The summed E-state index contributed by atoms with van der Waals surface area (Å²) in [7, 11) is -3.08. The fourth-order valence-corrected chi connectivity index (χ4v) is 4.74. The molecule has 0 amide bonds. The monoisotopic (exact) mass is 303 g/mol. The van der Waals surface area contributed by atoms with E-state index in [2.05, 4.69) is 6.92 Å². The molecule has 20 heavy (non-hydrogen) atoms. The van der Waals surface area contributed by atoms with Gasteiger partial charge in [-0.2, -0.15) is 0 Å². The maximum atomic E-state index is 11.7. The molecule has 1 saturated heterocycles. The standard InChI is InChI=1S/C15H29NO3S/c1-13-5-3-8-15(17,9-7-13)11-14-6-4-10-16(12-14)20(2,18)19/h13-14,17H,3-12H2,1-2H3. The van der Waals surface area contributed by atoms with Crippen molar-refractivity contribution >= 4 is 10.0 Å². The molecule has 0 bridgehead atoms. The summed E-state index contributed by atoms with van der Waals surface area (Å²) in [5.74, 6) is 1.03. The lowest BCUT2D eigenvalue weighted by molar-refractivity contribution is -0.00628. The van der Waals surface area contributed by atoms with Crippen LogP contribution in [0, 0.1) is 11.8 Å². The third-order valence-electron chi connectivity index (χ3n) is 5.06. The van der Waals surface area contributed by atoms with Gasteiger partial charge in [-0.1, -0.05) is 19.8 Å². The molecule has 1 aliphatic heterocycles. The van der Waals surface area contributed by atoms with Crippen molar-refractivity contribution in [3.63, 3.8) is 0 Å². The van der Waals surface area contributed by atoms with Crippen LogP contribution in [0.15, 0.2) is 0 Å². The van der Waals surface area contributed by atoms with Crippen molar-refractivity contribution < 1.29 is 13.5 Å². The number of rotatable bonds is 3. The molecule has 3 unspecified atom stereocenters. The summed E-state index contributed by atoms with van der Waals surface area (Å²) in [6.07, 6.45) is 9.19. The molecular weight excluding hydrogens is 274 g/mol. The van der Waals surface area contributed by atoms with Crippen LogP contribution in [-0.2, 0) is 10.0 Å². The molecule has 1 aliphatic carbocycles. The Balaban J connectivity index is 1.94. The van der Waals surface area contributed by atoms with Crippen LogP contribution in [0.4, 0.5) is 0 Å². The van der Waals surface area contributed by atoms with Gasteiger partial charge in [0.25, 0.3) is 0 Å². The number of sulfonamides is 1. The zero-order valence-corrected chi connectivity index (χ0v) is 13.7. The second-order valence-corrected chi connectivity index (χ2v) is 9.08. The molecule has 0 spiro atoms. The van der Waals surface area contributed by atoms with E-state index in [1.54, 1.807) is 4.31 Å². The van der Waals surface area contributed by atoms with E-state index >= 15 is 0 Å². The van der Waals surface area contributed by atoms with Crippen LogP contribution in [-0.4, -0.2) is 42.8 Å². The van der Waals surface area contributed by atoms with E-state index in [4.69, 9.17) is 0 Å². The van der Waals surface area contributed by atoms with Gasteiger partial charge in [-0.3, -0.25) is 0 Å². The van der Waals surface area contributed by atoms with Gasteiger partial charge in [0.2, 0.25) is 10.0 Å². The average molecular weight is 303 g/mol. The Kier molecular flexibility index (Phi) is 5.14. The first-order chi connectivity index (χ1) is 9.28. The molecule has 0 aromatic heterocycles. The first-order valence-electron chi connectivity index (χ1n) is 7.96. The van der Waals surface area contributed by atoms with Crippen molar-refractivity contribution in [2.24, 2.45) is 11.8 Å². The molecule has 2 fully saturated rings. The summed E-state index contributed by atoms with van der Waals surface area (Å²) in [4.78, 5) is 0. The molecule has 3 atom stereocenters. The Labute approximate surface area is 123 Å². The molecule has 5 heteroatoms. The van der Waals surface area contributed by atoms with E-state index in [9.17, 15) is 13.5 Å². The quantitative estimate of drug-likeness (QED) is 0.814. The molecule has 1 saturated carbocycles. The van der Waals surface area contributed by atoms with Crippen molar-refractivity contribution in [1.29, 1.82) is 0 Å². The van der Waals surface area contributed by atoms with Crippen LogP contribution < -0.4 is 0 Å². The summed E-state index contributed by atoms with van der Waals surface area (Å²) in [5.41, 5.74) is -0.560. The van der Waals surface area contributed by atoms with E-state index in [-0.39, 0.29) is 0 Å². The molecule has 2 aliphatic rings. The minimum atomic E-state index is -3.08. The van der Waals surface area contributed by atoms with Crippen LogP contribution in [0.3, 0.4) is 0 Å². The lowest BCUT2D eigenvalue weighted by Crippen LogP contribution is -2.42. The van der Waals surface area contributed by atoms with E-state index < -0.39 is 15.6 Å². The Morgan fingerprint density at radius 3 is 2.65 bits per heavy atom. The average Bonchev–Trinajstić information content (AvgIpc) is 2.51. The smallest absolute Gasteiger partial charge is 0.211 e. The van der Waals surface area contributed by atoms with Gasteiger partial charge in [-0.05, 0) is 50.4 Å². The number of hydrogen-bond acceptors (Lipinski definition) is 3. The first-order valence-corrected chi connectivity index (χ1v) is 9.81. The lowest BCUT2D eigenvalue weighted by Gasteiger charge is -2.36. The van der Waals surface area contributed by atoms with Crippen molar-refractivity contribution in [3.05, 3.63) is 0 Å². The lowest BCUT2D eigenvalue weighted by atomic mass is 9.81. The van der Waals surface area contributed by atoms with Crippen molar-refractivity contribution in [1.82, 2.24) is 4.31 Å². The van der Waals surface area contributed by atoms with Crippen LogP contribution in [0.1, 0.15) is 58.3 Å². The van der Waals surface area contributed by atoms with Crippen LogP contribution >= 0.6 is 0 Å². The highest BCUT2D eigenvalue weighted by molar-refractivity contribution is 7.88. The maximum absolute atomic E-state index is 11.7. The normalized spacial score (nSPS) is 37.5. The van der Waals surface area contributed by atoms with Crippen LogP contribution in [0.2, 0.25) is 0 Å². The highest BCUT2D eigenvalue weighted by atomic mass is 32.2. The predicted octanol–water partition coefficient (Wildman–Crippen LogP) is 2.38. The van der Waals surface area contributed by atoms with E-state index in [0.717, 1.165) is 44.9 Å². The SMILES string of the molecule is CC1CCCC(O)(CC2CCCN(S(C)(=O)=O)C2)CC1. The highest BCUT2D eigenvalue weighted by Crippen LogP contribution is 2.36. The van der Waals surface area contributed by atoms with Gasteiger partial charge in [0, 0.05) is 13.1 Å². The van der Waals surface area contributed by atoms with Gasteiger partial charge in [-0.15, -0.1) is 0 Å². The van der Waals surface area contributed by atoms with Crippen molar-refractivity contribution in [2.75, 3.05) is 19.3 Å². The number of aliphatic hydroxyl groups is 1. The Morgan fingerprint density at radius 2 is 1.95 bits per heavy atom. The zero-order valence-electron chi connectivity index (χ0n) is 12.8. The van der Waals surface area contributed by atoms with Crippen LogP contribution in [0.5, 0.6) is 0 Å². The van der Waals surface area contributed by atoms with E-state index in [1.165, 1.54) is 12.7 Å². The molecule has 118 valence electrons. The fourth-order valence-electron chi connectivity index (χ4n) is 3.80. The Hall–Kier alpha value is -0.130. The Morgan fingerprint density at radius 1 is 1.20 bits per heavy atom. The molecule has 0 radical (unpaired) electrons. The third kappa shape index (κ3) is 4.43. The van der Waals surface area contributed by atoms with Crippen molar-refractivity contribution in [3.8, 4) is 0 Å². The maximum Gasteiger partial charge on any atom is 0.211 e. The minimum absolute atomic E-state index is 0.317. The van der Waals surface area contributed by atoms with Gasteiger partial charge in [0.05, 0.1) is 11.9 Å². The summed E-state index contributed by atoms with van der Waals surface area (Å²) in [5, 5.41) is 10.8. The summed E-state index contributed by atoms with van der Waals surface area (Å²) in [6.45, 7) is 3.50. The zero-order chi connectivity index (χ0) is 14.8. The number of hydrogen-bond donors (Lipinski definition) is 1. The third-order valence-corrected chi connectivity index (χ3v) is 6.33. The first kappa shape index (κ1) is 16.2. The topological polar surface area (TPSA) is 57.6 Å². The molecule has 0 aromatic rings. The molecule has 1 N–H and O–H groups in total. The van der Waals surface area contributed by atoms with E-state index in [1.807, 2.05) is 0 Å². The summed E-state index contributed by atoms with van der Waals surface area (Å²) >= 11 is 0. The van der Waals surface area contributed by atoms with E-state index in [0.29, 0.717) is 24.9 Å². The molecule has 2 rings (SSSR count). The minimum Gasteiger partial charge on any atom is -0.390 e. The summed E-state index contributed by atoms with van der Waals surface area (Å²) in [6, 6.07) is 0. The molecule has 1 heterocycles. The predicted molar refractivity (Wildman–Crippen MR) is 81.0 cm³/mol. The molecular formula is C15H29NO3S. The Bertz CT molecular complexity index is 423. The van der Waals surface area contributed by atoms with Gasteiger partial charge >= 0.3 is 0 Å². The van der Waals surface area contributed by atoms with Gasteiger partial charge in [0.1, 0.15) is 0 Å².